The zero-order chi connectivity index (χ0) is 16.8. The summed E-state index contributed by atoms with van der Waals surface area (Å²) in [5, 5.41) is 5.89. The third-order valence-electron chi connectivity index (χ3n) is 3.22. The molecule has 0 aliphatic heterocycles. The number of anilines is 2. The van der Waals surface area contributed by atoms with Crippen molar-refractivity contribution >= 4 is 34.6 Å². The topological polar surface area (TPSA) is 53.6 Å². The van der Waals surface area contributed by atoms with Crippen molar-refractivity contribution in [2.24, 2.45) is 0 Å². The molecule has 0 unspecified atom stereocenters. The van der Waals surface area contributed by atoms with Gasteiger partial charge >= 0.3 is 0 Å². The lowest BCUT2D eigenvalue weighted by Gasteiger charge is -2.14. The quantitative estimate of drug-likeness (QED) is 0.845. The summed E-state index contributed by atoms with van der Waals surface area (Å²) in [4.78, 5) is 14.1. The molecule has 120 valence electrons. The van der Waals surface area contributed by atoms with Crippen LogP contribution in [0.25, 0.3) is 0 Å². The fourth-order valence-electron chi connectivity index (χ4n) is 1.92. The number of hydrogen-bond acceptors (Lipinski definition) is 4. The van der Waals surface area contributed by atoms with Gasteiger partial charge in [0.2, 0.25) is 0 Å². The number of methoxy groups -OCH3 is 1. The zero-order valence-corrected chi connectivity index (χ0v) is 14.1. The molecule has 2 N–H and O–H groups in total. The Morgan fingerprint density at radius 3 is 2.17 bits per heavy atom. The number of hydrogen-bond donors (Lipinski definition) is 2. The van der Waals surface area contributed by atoms with Crippen molar-refractivity contribution in [2.45, 2.75) is 0 Å². The fraction of sp³-hybridized carbons (Fsp3) is 0.176. The molecule has 5 nitrogen and oxygen atoms in total. The molecule has 0 aliphatic carbocycles. The van der Waals surface area contributed by atoms with Gasteiger partial charge in [-0.3, -0.25) is 10.1 Å². The summed E-state index contributed by atoms with van der Waals surface area (Å²) in [5.74, 6) is 0.429. The summed E-state index contributed by atoms with van der Waals surface area (Å²) >= 11 is 5.17. The van der Waals surface area contributed by atoms with E-state index < -0.39 is 0 Å². The first-order chi connectivity index (χ1) is 11.0. The van der Waals surface area contributed by atoms with E-state index in [4.69, 9.17) is 17.0 Å². The Kier molecular flexibility index (Phi) is 5.54. The molecular formula is C17H19N3O2S. The molecule has 0 fully saturated rings. The van der Waals surface area contributed by atoms with E-state index in [1.807, 2.05) is 43.3 Å². The Hall–Kier alpha value is -2.60. The third kappa shape index (κ3) is 4.69. The number of amides is 1. The maximum Gasteiger partial charge on any atom is 0.257 e. The molecule has 0 saturated heterocycles. The largest absolute Gasteiger partial charge is 0.497 e. The van der Waals surface area contributed by atoms with Crippen LogP contribution in [-0.2, 0) is 0 Å². The van der Waals surface area contributed by atoms with E-state index in [0.29, 0.717) is 11.3 Å². The molecule has 0 aliphatic rings. The van der Waals surface area contributed by atoms with Crippen LogP contribution < -0.4 is 20.3 Å². The SMILES string of the molecule is COc1ccc(C(=O)NC(=S)Nc2ccc(N(C)C)cc2)cc1. The summed E-state index contributed by atoms with van der Waals surface area (Å²) in [5.41, 5.74) is 2.41. The van der Waals surface area contributed by atoms with Gasteiger partial charge < -0.3 is 15.0 Å². The van der Waals surface area contributed by atoms with Crippen LogP contribution in [0.3, 0.4) is 0 Å². The van der Waals surface area contributed by atoms with Crippen LogP contribution in [0.5, 0.6) is 5.75 Å². The minimum atomic E-state index is -0.268. The van der Waals surface area contributed by atoms with Crippen LogP contribution in [0.4, 0.5) is 11.4 Å². The first-order valence-corrected chi connectivity index (χ1v) is 7.44. The summed E-state index contributed by atoms with van der Waals surface area (Å²) in [6.07, 6.45) is 0. The van der Waals surface area contributed by atoms with Crippen LogP contribution in [0, 0.1) is 0 Å². The number of ether oxygens (including phenoxy) is 1. The molecule has 0 aromatic heterocycles. The molecule has 6 heteroatoms. The Morgan fingerprint density at radius 1 is 1.04 bits per heavy atom. The van der Waals surface area contributed by atoms with Gasteiger partial charge in [-0.15, -0.1) is 0 Å². The third-order valence-corrected chi connectivity index (χ3v) is 3.42. The second-order valence-electron chi connectivity index (χ2n) is 5.08. The van der Waals surface area contributed by atoms with Gasteiger partial charge in [0.15, 0.2) is 5.11 Å². The van der Waals surface area contributed by atoms with Crippen LogP contribution in [-0.4, -0.2) is 32.2 Å². The summed E-state index contributed by atoms with van der Waals surface area (Å²) in [6.45, 7) is 0. The van der Waals surface area contributed by atoms with Gasteiger partial charge in [0, 0.05) is 31.0 Å². The number of benzene rings is 2. The highest BCUT2D eigenvalue weighted by Gasteiger charge is 2.08. The molecule has 0 bridgehead atoms. The van der Waals surface area contributed by atoms with Crippen molar-refractivity contribution in [3.05, 3.63) is 54.1 Å². The van der Waals surface area contributed by atoms with Crippen molar-refractivity contribution in [1.82, 2.24) is 5.32 Å². The van der Waals surface area contributed by atoms with Crippen LogP contribution in [0.2, 0.25) is 0 Å². The van der Waals surface area contributed by atoms with Crippen molar-refractivity contribution in [3.63, 3.8) is 0 Å². The van der Waals surface area contributed by atoms with Gasteiger partial charge in [-0.05, 0) is 60.7 Å². The minimum absolute atomic E-state index is 0.253. The average molecular weight is 329 g/mol. The van der Waals surface area contributed by atoms with Crippen molar-refractivity contribution < 1.29 is 9.53 Å². The first-order valence-electron chi connectivity index (χ1n) is 7.03. The normalized spacial score (nSPS) is 9.87. The highest BCUT2D eigenvalue weighted by molar-refractivity contribution is 7.80. The summed E-state index contributed by atoms with van der Waals surface area (Å²) in [6, 6.07) is 14.6. The standard InChI is InChI=1S/C17H19N3O2S/c1-20(2)14-8-6-13(7-9-14)18-17(23)19-16(21)12-4-10-15(22-3)11-5-12/h4-11H,1-3H3,(H2,18,19,21,23). The lowest BCUT2D eigenvalue weighted by molar-refractivity contribution is 0.0977. The Labute approximate surface area is 141 Å². The molecule has 0 saturated carbocycles. The first kappa shape index (κ1) is 16.8. The predicted molar refractivity (Wildman–Crippen MR) is 97.4 cm³/mol. The zero-order valence-electron chi connectivity index (χ0n) is 13.3. The highest BCUT2D eigenvalue weighted by Crippen LogP contribution is 2.15. The smallest absolute Gasteiger partial charge is 0.257 e. The Balaban J connectivity index is 1.94. The number of rotatable bonds is 4. The van der Waals surface area contributed by atoms with E-state index in [9.17, 15) is 4.79 Å². The van der Waals surface area contributed by atoms with Crippen LogP contribution in [0.1, 0.15) is 10.4 Å². The van der Waals surface area contributed by atoms with Gasteiger partial charge in [0.05, 0.1) is 7.11 Å². The number of carbonyl (C=O) groups excluding carboxylic acids is 1. The molecule has 1 amide bonds. The lowest BCUT2D eigenvalue weighted by Crippen LogP contribution is -2.34. The van der Waals surface area contributed by atoms with Crippen LogP contribution in [0.15, 0.2) is 48.5 Å². The monoisotopic (exact) mass is 329 g/mol. The summed E-state index contributed by atoms with van der Waals surface area (Å²) in [7, 11) is 5.53. The van der Waals surface area contributed by atoms with E-state index in [0.717, 1.165) is 11.4 Å². The molecule has 0 atom stereocenters. The maximum atomic E-state index is 12.1. The van der Waals surface area contributed by atoms with Crippen molar-refractivity contribution in [2.75, 3.05) is 31.4 Å². The molecule has 2 aromatic rings. The second-order valence-corrected chi connectivity index (χ2v) is 5.49. The molecule has 0 spiro atoms. The lowest BCUT2D eigenvalue weighted by atomic mass is 10.2. The maximum absolute atomic E-state index is 12.1. The summed E-state index contributed by atoms with van der Waals surface area (Å²) < 4.78 is 5.06. The molecule has 2 aromatic carbocycles. The van der Waals surface area contributed by atoms with E-state index in [2.05, 4.69) is 10.6 Å². The van der Waals surface area contributed by atoms with E-state index in [1.165, 1.54) is 0 Å². The van der Waals surface area contributed by atoms with Gasteiger partial charge in [0.1, 0.15) is 5.75 Å². The fourth-order valence-corrected chi connectivity index (χ4v) is 2.13. The average Bonchev–Trinajstić information content (AvgIpc) is 2.55. The Bertz CT molecular complexity index is 682. The number of nitrogens with zero attached hydrogens (tertiary/aromatic N) is 1. The highest BCUT2D eigenvalue weighted by atomic mass is 32.1. The Morgan fingerprint density at radius 2 is 1.65 bits per heavy atom. The van der Waals surface area contributed by atoms with E-state index >= 15 is 0 Å². The minimum Gasteiger partial charge on any atom is -0.497 e. The predicted octanol–water partition coefficient (Wildman–Crippen LogP) is 2.89. The molecule has 23 heavy (non-hydrogen) atoms. The molecule has 0 heterocycles. The van der Waals surface area contributed by atoms with Gasteiger partial charge in [-0.1, -0.05) is 0 Å². The van der Waals surface area contributed by atoms with E-state index in [-0.39, 0.29) is 11.0 Å². The molecule has 0 radical (unpaired) electrons. The number of carbonyl (C=O) groups is 1. The molecular weight excluding hydrogens is 310 g/mol. The number of nitrogens with one attached hydrogen (secondary N) is 2. The van der Waals surface area contributed by atoms with Gasteiger partial charge in [0.25, 0.3) is 5.91 Å². The van der Waals surface area contributed by atoms with Crippen molar-refractivity contribution in [3.8, 4) is 5.75 Å². The number of thiocarbonyl (C=S) groups is 1. The van der Waals surface area contributed by atoms with Crippen LogP contribution >= 0.6 is 12.2 Å². The molecule has 2 rings (SSSR count). The second kappa shape index (κ2) is 7.60. The van der Waals surface area contributed by atoms with Gasteiger partial charge in [-0.2, -0.15) is 0 Å². The van der Waals surface area contributed by atoms with Gasteiger partial charge in [-0.25, -0.2) is 0 Å². The van der Waals surface area contributed by atoms with E-state index in [1.54, 1.807) is 31.4 Å². The van der Waals surface area contributed by atoms with Crippen molar-refractivity contribution in [1.29, 1.82) is 0 Å².